The molecule has 0 atom stereocenters. The second-order valence-corrected chi connectivity index (χ2v) is 8.90. The number of hydrogen-bond donors (Lipinski definition) is 1. The molecule has 0 saturated carbocycles. The molecule has 0 saturated heterocycles. The molecule has 0 fully saturated rings. The van der Waals surface area contributed by atoms with Gasteiger partial charge >= 0.3 is 0 Å². The first-order valence-electron chi connectivity index (χ1n) is 9.62. The maximum atomic E-state index is 13.6. The molecule has 4 aromatic rings. The fourth-order valence-corrected chi connectivity index (χ4v) is 4.92. The van der Waals surface area contributed by atoms with Crippen molar-refractivity contribution in [3.05, 3.63) is 89.5 Å². The second kappa shape index (κ2) is 7.91. The highest BCUT2D eigenvalue weighted by atomic mass is 32.2. The number of fused-ring (bicyclic) bond motifs is 1. The van der Waals surface area contributed by atoms with Crippen molar-refractivity contribution in [1.29, 1.82) is 0 Å². The lowest BCUT2D eigenvalue weighted by Gasteiger charge is -2.14. The third-order valence-electron chi connectivity index (χ3n) is 5.20. The molecule has 0 aliphatic heterocycles. The third-order valence-corrected chi connectivity index (χ3v) is 6.71. The number of imidazole rings is 1. The molecule has 0 aliphatic rings. The minimum atomic E-state index is -3.91. The van der Waals surface area contributed by atoms with Crippen LogP contribution in [0.1, 0.15) is 17.0 Å². The lowest BCUT2D eigenvalue weighted by atomic mass is 10.1. The molecule has 0 unspecified atom stereocenters. The van der Waals surface area contributed by atoms with Gasteiger partial charge in [0.2, 0.25) is 0 Å². The normalized spacial score (nSPS) is 11.7. The largest absolute Gasteiger partial charge is 0.331 e. The molecule has 0 spiro atoms. The average Bonchev–Trinajstić information content (AvgIpc) is 3.05. The number of anilines is 1. The Kier molecular flexibility index (Phi) is 5.30. The molecular formula is C23H22FN3O2S. The van der Waals surface area contributed by atoms with E-state index < -0.39 is 15.8 Å². The lowest BCUT2D eigenvalue weighted by Crippen LogP contribution is -2.16. The van der Waals surface area contributed by atoms with E-state index in [0.717, 1.165) is 28.5 Å². The van der Waals surface area contributed by atoms with Gasteiger partial charge in [0.15, 0.2) is 0 Å². The van der Waals surface area contributed by atoms with E-state index in [1.165, 1.54) is 12.1 Å². The zero-order valence-corrected chi connectivity index (χ0v) is 17.6. The van der Waals surface area contributed by atoms with Gasteiger partial charge in [-0.1, -0.05) is 36.4 Å². The van der Waals surface area contributed by atoms with Gasteiger partial charge in [0.1, 0.15) is 11.6 Å². The summed E-state index contributed by atoms with van der Waals surface area (Å²) in [6.45, 7) is 1.64. The number of aromatic nitrogens is 2. The van der Waals surface area contributed by atoms with Crippen molar-refractivity contribution in [3.63, 3.8) is 0 Å². The van der Waals surface area contributed by atoms with Crippen LogP contribution in [0.2, 0.25) is 0 Å². The second-order valence-electron chi connectivity index (χ2n) is 7.25. The Morgan fingerprint density at radius 3 is 2.53 bits per heavy atom. The Labute approximate surface area is 175 Å². The lowest BCUT2D eigenvalue weighted by molar-refractivity contribution is 0.594. The summed E-state index contributed by atoms with van der Waals surface area (Å²) >= 11 is 0. The molecule has 1 N–H and O–H groups in total. The number of sulfonamides is 1. The number of nitrogens with one attached hydrogen (secondary N) is 1. The van der Waals surface area contributed by atoms with Gasteiger partial charge < -0.3 is 4.57 Å². The van der Waals surface area contributed by atoms with Gasteiger partial charge in [0.25, 0.3) is 10.0 Å². The average molecular weight is 424 g/mol. The number of hydrogen-bond acceptors (Lipinski definition) is 3. The van der Waals surface area contributed by atoms with E-state index in [9.17, 15) is 12.8 Å². The third kappa shape index (κ3) is 3.93. The molecule has 1 aromatic heterocycles. The standard InChI is InChI=1S/C23H22FN3O2S/c1-16-11-13-18(24)15-22(16)30(28,29)26-19-8-4-3-7-17(19)12-14-23-25-20-9-5-6-10-21(20)27(23)2/h3-11,13,15,26H,12,14H2,1-2H3. The minimum Gasteiger partial charge on any atom is -0.331 e. The molecule has 0 radical (unpaired) electrons. The van der Waals surface area contributed by atoms with E-state index in [-0.39, 0.29) is 4.90 Å². The van der Waals surface area contributed by atoms with Crippen LogP contribution in [0.15, 0.2) is 71.6 Å². The van der Waals surface area contributed by atoms with Gasteiger partial charge in [-0.15, -0.1) is 0 Å². The van der Waals surface area contributed by atoms with E-state index in [1.54, 1.807) is 19.1 Å². The molecule has 3 aromatic carbocycles. The Morgan fingerprint density at radius 2 is 1.73 bits per heavy atom. The SMILES string of the molecule is Cc1ccc(F)cc1S(=O)(=O)Nc1ccccc1CCc1nc2ccccc2n1C. The minimum absolute atomic E-state index is 0.0624. The van der Waals surface area contributed by atoms with Gasteiger partial charge in [-0.3, -0.25) is 4.72 Å². The number of aryl methyl sites for hydroxylation is 4. The van der Waals surface area contributed by atoms with E-state index in [2.05, 4.69) is 14.3 Å². The van der Waals surface area contributed by atoms with Gasteiger partial charge in [0.05, 0.1) is 21.6 Å². The highest BCUT2D eigenvalue weighted by molar-refractivity contribution is 7.92. The highest BCUT2D eigenvalue weighted by Crippen LogP contribution is 2.24. The molecule has 7 heteroatoms. The summed E-state index contributed by atoms with van der Waals surface area (Å²) in [5.41, 5.74) is 3.82. The van der Waals surface area contributed by atoms with Crippen molar-refractivity contribution in [1.82, 2.24) is 9.55 Å². The van der Waals surface area contributed by atoms with E-state index >= 15 is 0 Å². The predicted octanol–water partition coefficient (Wildman–Crippen LogP) is 4.61. The summed E-state index contributed by atoms with van der Waals surface area (Å²) in [7, 11) is -1.93. The summed E-state index contributed by atoms with van der Waals surface area (Å²) in [6, 6.07) is 18.9. The fourth-order valence-electron chi connectivity index (χ4n) is 3.57. The Morgan fingerprint density at radius 1 is 1.00 bits per heavy atom. The Bertz CT molecular complexity index is 1330. The molecule has 1 heterocycles. The van der Waals surface area contributed by atoms with Crippen LogP contribution in [0.4, 0.5) is 10.1 Å². The molecule has 0 amide bonds. The van der Waals surface area contributed by atoms with Crippen molar-refractivity contribution in [3.8, 4) is 0 Å². The fraction of sp³-hybridized carbons (Fsp3) is 0.174. The first-order valence-corrected chi connectivity index (χ1v) is 11.1. The summed E-state index contributed by atoms with van der Waals surface area (Å²) in [6.07, 6.45) is 1.26. The molecule has 0 aliphatic carbocycles. The monoisotopic (exact) mass is 423 g/mol. The van der Waals surface area contributed by atoms with Gasteiger partial charge in [-0.25, -0.2) is 17.8 Å². The summed E-state index contributed by atoms with van der Waals surface area (Å²) < 4.78 is 44.1. The van der Waals surface area contributed by atoms with Gasteiger partial charge in [0, 0.05) is 13.5 Å². The van der Waals surface area contributed by atoms with Crippen LogP contribution in [0.25, 0.3) is 11.0 Å². The summed E-state index contributed by atoms with van der Waals surface area (Å²) in [5.74, 6) is 0.339. The van der Waals surface area contributed by atoms with E-state index in [4.69, 9.17) is 0 Å². The maximum Gasteiger partial charge on any atom is 0.262 e. The number of rotatable bonds is 6. The van der Waals surface area contributed by atoms with Crippen LogP contribution in [-0.2, 0) is 29.9 Å². The van der Waals surface area contributed by atoms with Crippen molar-refractivity contribution in [2.45, 2.75) is 24.7 Å². The smallest absolute Gasteiger partial charge is 0.262 e. The Hall–Kier alpha value is -3.19. The van der Waals surface area contributed by atoms with Crippen LogP contribution in [0.5, 0.6) is 0 Å². The van der Waals surface area contributed by atoms with Gasteiger partial charge in [-0.05, 0) is 54.8 Å². The Balaban J connectivity index is 1.59. The van der Waals surface area contributed by atoms with Crippen LogP contribution in [-0.4, -0.2) is 18.0 Å². The van der Waals surface area contributed by atoms with Crippen LogP contribution in [0, 0.1) is 12.7 Å². The number of benzene rings is 3. The molecule has 154 valence electrons. The van der Waals surface area contributed by atoms with E-state index in [1.807, 2.05) is 43.4 Å². The highest BCUT2D eigenvalue weighted by Gasteiger charge is 2.19. The van der Waals surface area contributed by atoms with Crippen LogP contribution >= 0.6 is 0 Å². The first kappa shape index (κ1) is 20.1. The molecule has 5 nitrogen and oxygen atoms in total. The molecular weight excluding hydrogens is 401 g/mol. The van der Waals surface area contributed by atoms with Crippen LogP contribution < -0.4 is 4.72 Å². The summed E-state index contributed by atoms with van der Waals surface area (Å²) in [5, 5.41) is 0. The molecule has 0 bridgehead atoms. The zero-order valence-electron chi connectivity index (χ0n) is 16.8. The number of nitrogens with zero attached hydrogens (tertiary/aromatic N) is 2. The number of halogens is 1. The molecule has 30 heavy (non-hydrogen) atoms. The van der Waals surface area contributed by atoms with E-state index in [0.29, 0.717) is 24.1 Å². The van der Waals surface area contributed by atoms with Gasteiger partial charge in [-0.2, -0.15) is 0 Å². The maximum absolute atomic E-state index is 13.6. The van der Waals surface area contributed by atoms with Crippen molar-refractivity contribution in [2.24, 2.45) is 7.05 Å². The first-order chi connectivity index (χ1) is 14.3. The van der Waals surface area contributed by atoms with Crippen molar-refractivity contribution in [2.75, 3.05) is 4.72 Å². The quantitative estimate of drug-likeness (QED) is 0.493. The van der Waals surface area contributed by atoms with Crippen molar-refractivity contribution < 1.29 is 12.8 Å². The molecule has 4 rings (SSSR count). The number of para-hydroxylation sites is 3. The topological polar surface area (TPSA) is 64.0 Å². The zero-order chi connectivity index (χ0) is 21.3. The van der Waals surface area contributed by atoms with Crippen LogP contribution in [0.3, 0.4) is 0 Å². The predicted molar refractivity (Wildman–Crippen MR) is 117 cm³/mol. The summed E-state index contributed by atoms with van der Waals surface area (Å²) in [4.78, 5) is 4.62. The van der Waals surface area contributed by atoms with Crippen molar-refractivity contribution >= 4 is 26.7 Å².